The monoisotopic (exact) mass is 162 g/mol. The van der Waals surface area contributed by atoms with Gasteiger partial charge in [0.05, 0.1) is 11.5 Å². The number of aliphatic hydroxyl groups is 1. The van der Waals surface area contributed by atoms with Crippen LogP contribution in [0.2, 0.25) is 0 Å². The maximum Gasteiger partial charge on any atom is 0.0540 e. The van der Waals surface area contributed by atoms with E-state index in [1.807, 2.05) is 6.92 Å². The summed E-state index contributed by atoms with van der Waals surface area (Å²) in [7, 11) is 0. The Labute approximate surface area is 67.7 Å². The van der Waals surface area contributed by atoms with E-state index in [1.165, 1.54) is 0 Å². The predicted octanol–water partition coefficient (Wildman–Crippen LogP) is 2.33. The van der Waals surface area contributed by atoms with Crippen molar-refractivity contribution in [2.75, 3.05) is 0 Å². The highest BCUT2D eigenvalue weighted by atomic mass is 35.5. The number of hydrogen-bond acceptors (Lipinski definition) is 1. The second kappa shape index (κ2) is 4.75. The summed E-state index contributed by atoms with van der Waals surface area (Å²) in [6.45, 7) is 7.39. The molecule has 0 aromatic carbocycles. The van der Waals surface area contributed by atoms with Crippen LogP contribution in [-0.4, -0.2) is 16.6 Å². The first-order valence-electron chi connectivity index (χ1n) is 3.51. The molecule has 0 bridgehead atoms. The maximum atomic E-state index is 8.89. The van der Waals surface area contributed by atoms with Gasteiger partial charge in [0.25, 0.3) is 0 Å². The molecule has 0 saturated carbocycles. The van der Waals surface area contributed by atoms with Crippen LogP contribution in [0.15, 0.2) is 12.2 Å². The minimum absolute atomic E-state index is 0.0228. The maximum absolute atomic E-state index is 8.89. The minimum atomic E-state index is -0.249. The SMILES string of the molecule is C=C(C)C(Cl)CCC(C)O. The first-order chi connectivity index (χ1) is 4.54. The van der Waals surface area contributed by atoms with Crippen LogP contribution < -0.4 is 0 Å². The van der Waals surface area contributed by atoms with Gasteiger partial charge in [0, 0.05) is 0 Å². The van der Waals surface area contributed by atoms with Crippen molar-refractivity contribution in [2.24, 2.45) is 0 Å². The van der Waals surface area contributed by atoms with Crippen LogP contribution in [0.25, 0.3) is 0 Å². The number of allylic oxidation sites excluding steroid dienone is 1. The van der Waals surface area contributed by atoms with Gasteiger partial charge in [-0.25, -0.2) is 0 Å². The van der Waals surface area contributed by atoms with Crippen LogP contribution in [-0.2, 0) is 0 Å². The minimum Gasteiger partial charge on any atom is -0.393 e. The number of rotatable bonds is 4. The summed E-state index contributed by atoms with van der Waals surface area (Å²) in [5, 5.41) is 8.92. The predicted molar refractivity (Wildman–Crippen MR) is 45.4 cm³/mol. The van der Waals surface area contributed by atoms with Gasteiger partial charge >= 0.3 is 0 Å². The van der Waals surface area contributed by atoms with E-state index in [1.54, 1.807) is 6.92 Å². The van der Waals surface area contributed by atoms with E-state index in [9.17, 15) is 0 Å². The Morgan fingerprint density at radius 1 is 1.60 bits per heavy atom. The molecule has 0 aliphatic heterocycles. The zero-order valence-electron chi connectivity index (χ0n) is 6.60. The summed E-state index contributed by atoms with van der Waals surface area (Å²) in [6.07, 6.45) is 1.32. The molecule has 0 spiro atoms. The van der Waals surface area contributed by atoms with Crippen molar-refractivity contribution in [1.29, 1.82) is 0 Å². The Bertz CT molecular complexity index is 110. The van der Waals surface area contributed by atoms with Crippen LogP contribution in [0.3, 0.4) is 0 Å². The summed E-state index contributed by atoms with van der Waals surface area (Å²) in [5.41, 5.74) is 0.974. The molecule has 0 saturated heterocycles. The van der Waals surface area contributed by atoms with Crippen molar-refractivity contribution >= 4 is 11.6 Å². The fourth-order valence-electron chi connectivity index (χ4n) is 0.634. The summed E-state index contributed by atoms with van der Waals surface area (Å²) in [5.74, 6) is 0. The largest absolute Gasteiger partial charge is 0.393 e. The van der Waals surface area contributed by atoms with Gasteiger partial charge < -0.3 is 5.11 Å². The molecule has 0 aromatic heterocycles. The Hall–Kier alpha value is -0.0100. The number of aliphatic hydroxyl groups excluding tert-OH is 1. The van der Waals surface area contributed by atoms with Crippen molar-refractivity contribution < 1.29 is 5.11 Å². The van der Waals surface area contributed by atoms with E-state index in [0.29, 0.717) is 0 Å². The van der Waals surface area contributed by atoms with Crippen molar-refractivity contribution in [3.63, 3.8) is 0 Å². The van der Waals surface area contributed by atoms with Gasteiger partial charge in [-0.3, -0.25) is 0 Å². The van der Waals surface area contributed by atoms with E-state index < -0.39 is 0 Å². The first kappa shape index (κ1) is 9.99. The Morgan fingerprint density at radius 2 is 2.10 bits per heavy atom. The third-order valence-corrected chi connectivity index (χ3v) is 1.96. The van der Waals surface area contributed by atoms with Gasteiger partial charge in [0.2, 0.25) is 0 Å². The molecule has 1 N–H and O–H groups in total. The molecule has 0 fully saturated rings. The Kier molecular flexibility index (Phi) is 4.75. The van der Waals surface area contributed by atoms with Gasteiger partial charge in [-0.1, -0.05) is 12.2 Å². The van der Waals surface area contributed by atoms with Crippen LogP contribution >= 0.6 is 11.6 Å². The van der Waals surface area contributed by atoms with E-state index in [-0.39, 0.29) is 11.5 Å². The van der Waals surface area contributed by atoms with Crippen molar-refractivity contribution in [2.45, 2.75) is 38.2 Å². The molecular weight excluding hydrogens is 148 g/mol. The molecule has 0 heterocycles. The van der Waals surface area contributed by atoms with Gasteiger partial charge in [-0.05, 0) is 26.7 Å². The molecule has 0 rings (SSSR count). The Morgan fingerprint density at radius 3 is 2.40 bits per heavy atom. The first-order valence-corrected chi connectivity index (χ1v) is 3.95. The zero-order chi connectivity index (χ0) is 8.15. The second-order valence-corrected chi connectivity index (χ2v) is 3.27. The average Bonchev–Trinajstić information content (AvgIpc) is 1.82. The lowest BCUT2D eigenvalue weighted by molar-refractivity contribution is 0.182. The molecule has 0 amide bonds. The molecule has 0 aromatic rings. The highest BCUT2D eigenvalue weighted by molar-refractivity contribution is 6.22. The lowest BCUT2D eigenvalue weighted by Gasteiger charge is -2.09. The highest BCUT2D eigenvalue weighted by Crippen LogP contribution is 2.14. The van der Waals surface area contributed by atoms with E-state index in [0.717, 1.165) is 18.4 Å². The van der Waals surface area contributed by atoms with E-state index in [2.05, 4.69) is 6.58 Å². The summed E-state index contributed by atoms with van der Waals surface area (Å²) >= 11 is 5.85. The highest BCUT2D eigenvalue weighted by Gasteiger charge is 2.05. The van der Waals surface area contributed by atoms with E-state index in [4.69, 9.17) is 16.7 Å². The van der Waals surface area contributed by atoms with Crippen LogP contribution in [0.5, 0.6) is 0 Å². The Balaban J connectivity index is 3.40. The van der Waals surface area contributed by atoms with Crippen LogP contribution in [0, 0.1) is 0 Å². The molecule has 2 heteroatoms. The standard InChI is InChI=1S/C8H15ClO/c1-6(2)8(9)5-4-7(3)10/h7-8,10H,1,4-5H2,2-3H3. The molecular formula is C8H15ClO. The average molecular weight is 163 g/mol. The van der Waals surface area contributed by atoms with Gasteiger partial charge in [-0.2, -0.15) is 0 Å². The molecule has 2 atom stereocenters. The van der Waals surface area contributed by atoms with Gasteiger partial charge in [0.1, 0.15) is 0 Å². The fraction of sp³-hybridized carbons (Fsp3) is 0.750. The van der Waals surface area contributed by atoms with E-state index >= 15 is 0 Å². The van der Waals surface area contributed by atoms with Crippen LogP contribution in [0.1, 0.15) is 26.7 Å². The molecule has 0 radical (unpaired) electrons. The van der Waals surface area contributed by atoms with Crippen molar-refractivity contribution in [1.82, 2.24) is 0 Å². The third kappa shape index (κ3) is 4.83. The molecule has 2 unspecified atom stereocenters. The molecule has 0 aliphatic rings. The van der Waals surface area contributed by atoms with Gasteiger partial charge in [-0.15, -0.1) is 11.6 Å². The molecule has 1 nitrogen and oxygen atoms in total. The topological polar surface area (TPSA) is 20.2 Å². The van der Waals surface area contributed by atoms with Crippen molar-refractivity contribution in [3.8, 4) is 0 Å². The van der Waals surface area contributed by atoms with Crippen molar-refractivity contribution in [3.05, 3.63) is 12.2 Å². The van der Waals surface area contributed by atoms with Gasteiger partial charge in [0.15, 0.2) is 0 Å². The normalized spacial score (nSPS) is 16.4. The smallest absolute Gasteiger partial charge is 0.0540 e. The third-order valence-electron chi connectivity index (χ3n) is 1.37. The lowest BCUT2D eigenvalue weighted by Crippen LogP contribution is -2.06. The number of halogens is 1. The van der Waals surface area contributed by atoms with Crippen LogP contribution in [0.4, 0.5) is 0 Å². The number of alkyl halides is 1. The number of hydrogen-bond donors (Lipinski definition) is 1. The second-order valence-electron chi connectivity index (χ2n) is 2.74. The molecule has 0 aliphatic carbocycles. The zero-order valence-corrected chi connectivity index (χ0v) is 7.36. The fourth-order valence-corrected chi connectivity index (χ4v) is 0.760. The summed E-state index contributed by atoms with van der Waals surface area (Å²) in [4.78, 5) is 0. The molecule has 10 heavy (non-hydrogen) atoms. The molecule has 60 valence electrons. The summed E-state index contributed by atoms with van der Waals surface area (Å²) < 4.78 is 0. The lowest BCUT2D eigenvalue weighted by atomic mass is 10.1. The quantitative estimate of drug-likeness (QED) is 0.497. The summed E-state index contributed by atoms with van der Waals surface area (Å²) in [6, 6.07) is 0.